The summed E-state index contributed by atoms with van der Waals surface area (Å²) < 4.78 is 3.59. The summed E-state index contributed by atoms with van der Waals surface area (Å²) in [5.74, 6) is 1.71. The van der Waals surface area contributed by atoms with Crippen LogP contribution in [0.4, 0.5) is 0 Å². The van der Waals surface area contributed by atoms with E-state index in [0.717, 1.165) is 36.1 Å². The highest BCUT2D eigenvalue weighted by Crippen LogP contribution is 2.24. The van der Waals surface area contributed by atoms with Crippen molar-refractivity contribution in [1.29, 1.82) is 0 Å². The monoisotopic (exact) mass is 416 g/mol. The highest BCUT2D eigenvalue weighted by Gasteiger charge is 2.13. The van der Waals surface area contributed by atoms with Crippen molar-refractivity contribution in [3.8, 4) is 23.5 Å². The van der Waals surface area contributed by atoms with Crippen LogP contribution in [0.1, 0.15) is 54.2 Å². The second-order valence-corrected chi connectivity index (χ2v) is 7.64. The van der Waals surface area contributed by atoms with Crippen LogP contribution >= 0.6 is 0 Å². The average molecular weight is 417 g/mol. The Labute approximate surface area is 183 Å². The van der Waals surface area contributed by atoms with Gasteiger partial charge in [-0.2, -0.15) is 0 Å². The number of unbranched alkanes of at least 4 members (excludes halogenated alkanes) is 2. The Kier molecular flexibility index (Phi) is 7.50. The lowest BCUT2D eigenvalue weighted by atomic mass is 9.99. The standard InChI is InChI=1S/C26H28N2O3/c1-3-5-9-17-27-19-22(10-6-4-2)28(26(27)31)18-20-13-15-21(16-14-20)23-11-7-8-12-24(23)25(29)30/h2,7-8,11-16,19H,3,5-6,9-10,17-18H2,1H3,(H,29,30). The van der Waals surface area contributed by atoms with Gasteiger partial charge in [0.05, 0.1) is 12.1 Å². The molecule has 0 radical (unpaired) electrons. The molecular weight excluding hydrogens is 388 g/mol. The molecule has 1 N–H and O–H groups in total. The summed E-state index contributed by atoms with van der Waals surface area (Å²) in [6.45, 7) is 3.32. The molecule has 0 aliphatic rings. The predicted molar refractivity (Wildman–Crippen MR) is 123 cm³/mol. The van der Waals surface area contributed by atoms with Crippen molar-refractivity contribution in [2.24, 2.45) is 0 Å². The predicted octanol–water partition coefficient (Wildman–Crippen LogP) is 4.82. The molecule has 0 saturated carbocycles. The van der Waals surface area contributed by atoms with Gasteiger partial charge in [0, 0.05) is 31.3 Å². The van der Waals surface area contributed by atoms with Crippen LogP contribution in [0.15, 0.2) is 59.5 Å². The van der Waals surface area contributed by atoms with Gasteiger partial charge >= 0.3 is 11.7 Å². The molecule has 0 aliphatic heterocycles. The Morgan fingerprint density at radius 3 is 2.52 bits per heavy atom. The fourth-order valence-electron chi connectivity index (χ4n) is 3.74. The molecule has 0 fully saturated rings. The minimum absolute atomic E-state index is 0.0107. The number of hydrogen-bond donors (Lipinski definition) is 1. The lowest BCUT2D eigenvalue weighted by molar-refractivity contribution is 0.0697. The number of imidazole rings is 1. The smallest absolute Gasteiger partial charge is 0.336 e. The summed E-state index contributed by atoms with van der Waals surface area (Å²) in [4.78, 5) is 24.5. The molecule has 1 heterocycles. The van der Waals surface area contributed by atoms with Crippen LogP contribution < -0.4 is 5.69 Å². The maximum absolute atomic E-state index is 13.0. The van der Waals surface area contributed by atoms with Gasteiger partial charge in [0.2, 0.25) is 0 Å². The maximum atomic E-state index is 13.0. The van der Waals surface area contributed by atoms with Gasteiger partial charge in [0.25, 0.3) is 0 Å². The van der Waals surface area contributed by atoms with Gasteiger partial charge < -0.3 is 5.11 Å². The normalized spacial score (nSPS) is 10.7. The SMILES string of the molecule is C#CCCc1cn(CCCCC)c(=O)n1Cc1ccc(-c2ccccc2C(=O)O)cc1. The van der Waals surface area contributed by atoms with Gasteiger partial charge in [-0.15, -0.1) is 12.3 Å². The zero-order chi connectivity index (χ0) is 22.2. The first-order valence-electron chi connectivity index (χ1n) is 10.7. The molecule has 3 rings (SSSR count). The molecule has 0 amide bonds. The van der Waals surface area contributed by atoms with Crippen molar-refractivity contribution in [2.45, 2.75) is 52.1 Å². The zero-order valence-electron chi connectivity index (χ0n) is 17.9. The van der Waals surface area contributed by atoms with Crippen LogP contribution in [-0.4, -0.2) is 20.2 Å². The third-order valence-corrected chi connectivity index (χ3v) is 5.42. The number of carboxylic acids is 1. The van der Waals surface area contributed by atoms with E-state index in [9.17, 15) is 14.7 Å². The number of rotatable bonds is 10. The van der Waals surface area contributed by atoms with E-state index < -0.39 is 5.97 Å². The van der Waals surface area contributed by atoms with E-state index in [1.54, 1.807) is 27.3 Å². The van der Waals surface area contributed by atoms with Gasteiger partial charge in [-0.05, 0) is 29.2 Å². The van der Waals surface area contributed by atoms with Crippen molar-refractivity contribution in [2.75, 3.05) is 0 Å². The number of carboxylic acid groups (broad SMARTS) is 1. The Morgan fingerprint density at radius 1 is 1.10 bits per heavy atom. The van der Waals surface area contributed by atoms with E-state index in [0.29, 0.717) is 31.5 Å². The van der Waals surface area contributed by atoms with Crippen LogP contribution in [0.5, 0.6) is 0 Å². The van der Waals surface area contributed by atoms with Crippen molar-refractivity contribution >= 4 is 5.97 Å². The lowest BCUT2D eigenvalue weighted by Gasteiger charge is -2.09. The molecule has 3 aromatic rings. The molecular formula is C26H28N2O3. The lowest BCUT2D eigenvalue weighted by Crippen LogP contribution is -2.25. The third-order valence-electron chi connectivity index (χ3n) is 5.42. The minimum atomic E-state index is -0.950. The first kappa shape index (κ1) is 22.2. The molecule has 0 atom stereocenters. The minimum Gasteiger partial charge on any atom is -0.478 e. The molecule has 0 aliphatic carbocycles. The summed E-state index contributed by atoms with van der Waals surface area (Å²) in [6.07, 6.45) is 11.8. The van der Waals surface area contributed by atoms with E-state index in [1.165, 1.54) is 0 Å². The molecule has 31 heavy (non-hydrogen) atoms. The molecule has 2 aromatic carbocycles. The topological polar surface area (TPSA) is 64.2 Å². The van der Waals surface area contributed by atoms with Crippen LogP contribution in [-0.2, 0) is 19.5 Å². The molecule has 1 aromatic heterocycles. The molecule has 5 nitrogen and oxygen atoms in total. The molecule has 0 saturated heterocycles. The Bertz CT molecular complexity index is 1130. The number of nitrogens with zero attached hydrogens (tertiary/aromatic N) is 2. The molecule has 0 spiro atoms. The van der Waals surface area contributed by atoms with E-state index >= 15 is 0 Å². The quantitative estimate of drug-likeness (QED) is 0.381. The summed E-state index contributed by atoms with van der Waals surface area (Å²) in [5, 5.41) is 9.43. The molecule has 0 bridgehead atoms. The van der Waals surface area contributed by atoms with E-state index in [-0.39, 0.29) is 11.3 Å². The largest absolute Gasteiger partial charge is 0.478 e. The van der Waals surface area contributed by atoms with Gasteiger partial charge in [-0.25, -0.2) is 9.59 Å². The van der Waals surface area contributed by atoms with Crippen molar-refractivity contribution < 1.29 is 9.90 Å². The number of aromatic carboxylic acids is 1. The zero-order valence-corrected chi connectivity index (χ0v) is 17.9. The Balaban J connectivity index is 1.86. The van der Waals surface area contributed by atoms with Crippen LogP contribution in [0, 0.1) is 12.3 Å². The van der Waals surface area contributed by atoms with Crippen molar-refractivity contribution in [1.82, 2.24) is 9.13 Å². The fourth-order valence-corrected chi connectivity index (χ4v) is 3.74. The number of hydrogen-bond acceptors (Lipinski definition) is 2. The number of aromatic nitrogens is 2. The number of benzene rings is 2. The average Bonchev–Trinajstić information content (AvgIpc) is 3.07. The van der Waals surface area contributed by atoms with E-state index in [4.69, 9.17) is 6.42 Å². The maximum Gasteiger partial charge on any atom is 0.336 e. The van der Waals surface area contributed by atoms with Gasteiger partial charge in [-0.1, -0.05) is 62.2 Å². The van der Waals surface area contributed by atoms with Crippen molar-refractivity contribution in [3.63, 3.8) is 0 Å². The van der Waals surface area contributed by atoms with Crippen LogP contribution in [0.2, 0.25) is 0 Å². The second kappa shape index (κ2) is 10.5. The highest BCUT2D eigenvalue weighted by atomic mass is 16.4. The summed E-state index contributed by atoms with van der Waals surface area (Å²) in [5.41, 5.74) is 3.69. The fraction of sp³-hybridized carbons (Fsp3) is 0.308. The number of terminal acetylenes is 1. The summed E-state index contributed by atoms with van der Waals surface area (Å²) in [7, 11) is 0. The molecule has 0 unspecified atom stereocenters. The van der Waals surface area contributed by atoms with Gasteiger partial charge in [-0.3, -0.25) is 9.13 Å². The third kappa shape index (κ3) is 5.35. The van der Waals surface area contributed by atoms with Crippen LogP contribution in [0.25, 0.3) is 11.1 Å². The Hall–Kier alpha value is -3.52. The summed E-state index contributed by atoms with van der Waals surface area (Å²) >= 11 is 0. The number of aryl methyl sites for hydroxylation is 2. The van der Waals surface area contributed by atoms with E-state index in [1.807, 2.05) is 36.5 Å². The summed E-state index contributed by atoms with van der Waals surface area (Å²) in [6, 6.07) is 14.6. The molecule has 5 heteroatoms. The first-order chi connectivity index (χ1) is 15.0. The van der Waals surface area contributed by atoms with Crippen LogP contribution in [0.3, 0.4) is 0 Å². The van der Waals surface area contributed by atoms with Gasteiger partial charge in [0.1, 0.15) is 0 Å². The second-order valence-electron chi connectivity index (χ2n) is 7.64. The van der Waals surface area contributed by atoms with Crippen molar-refractivity contribution in [3.05, 3.63) is 82.0 Å². The molecule has 160 valence electrons. The number of carbonyl (C=O) groups is 1. The van der Waals surface area contributed by atoms with E-state index in [2.05, 4.69) is 12.8 Å². The van der Waals surface area contributed by atoms with Gasteiger partial charge in [0.15, 0.2) is 0 Å². The highest BCUT2D eigenvalue weighted by molar-refractivity contribution is 5.95. The first-order valence-corrected chi connectivity index (χ1v) is 10.7. The Morgan fingerprint density at radius 2 is 1.84 bits per heavy atom.